The van der Waals surface area contributed by atoms with Crippen LogP contribution < -0.4 is 9.44 Å². The highest BCUT2D eigenvalue weighted by Gasteiger charge is 2.18. The maximum atomic E-state index is 12.3. The number of hydrogen-bond acceptors (Lipinski definition) is 6. The van der Waals surface area contributed by atoms with Crippen LogP contribution in [-0.2, 0) is 26.6 Å². The van der Waals surface area contributed by atoms with Crippen LogP contribution in [0.2, 0.25) is 0 Å². The minimum absolute atomic E-state index is 0.00336. The van der Waals surface area contributed by atoms with Crippen LogP contribution in [0.4, 0.5) is 5.82 Å². The van der Waals surface area contributed by atoms with Crippen LogP contribution in [0.5, 0.6) is 0 Å². The van der Waals surface area contributed by atoms with E-state index in [1.807, 2.05) is 0 Å². The Bertz CT molecular complexity index is 1060. The molecule has 0 bridgehead atoms. The first kappa shape index (κ1) is 18.1. The molecule has 0 unspecified atom stereocenters. The van der Waals surface area contributed by atoms with Crippen LogP contribution in [0.1, 0.15) is 5.76 Å². The van der Waals surface area contributed by atoms with Crippen molar-refractivity contribution in [3.63, 3.8) is 0 Å². The normalized spacial score (nSPS) is 12.0. The number of pyridine rings is 1. The van der Waals surface area contributed by atoms with Gasteiger partial charge in [0.1, 0.15) is 11.6 Å². The number of nitrogens with one attached hydrogen (secondary N) is 2. The zero-order valence-electron chi connectivity index (χ0n) is 13.4. The average Bonchev–Trinajstić information content (AvgIpc) is 3.14. The van der Waals surface area contributed by atoms with E-state index in [1.54, 1.807) is 24.3 Å². The van der Waals surface area contributed by atoms with Crippen molar-refractivity contribution >= 4 is 25.9 Å². The van der Waals surface area contributed by atoms with Gasteiger partial charge < -0.3 is 4.42 Å². The molecule has 0 radical (unpaired) electrons. The molecular formula is C16H15N3O5S2. The summed E-state index contributed by atoms with van der Waals surface area (Å²) < 4.78 is 58.9. The zero-order valence-corrected chi connectivity index (χ0v) is 15.0. The molecule has 0 saturated carbocycles. The van der Waals surface area contributed by atoms with Gasteiger partial charge in [0.2, 0.25) is 10.0 Å². The summed E-state index contributed by atoms with van der Waals surface area (Å²) in [5, 5.41) is 0. The predicted molar refractivity (Wildman–Crippen MR) is 94.2 cm³/mol. The van der Waals surface area contributed by atoms with Gasteiger partial charge in [-0.15, -0.1) is 0 Å². The average molecular weight is 393 g/mol. The Balaban J connectivity index is 1.75. The molecule has 0 aliphatic heterocycles. The molecular weight excluding hydrogens is 378 g/mol. The van der Waals surface area contributed by atoms with Crippen molar-refractivity contribution in [2.75, 3.05) is 4.72 Å². The molecule has 3 rings (SSSR count). The fourth-order valence-electron chi connectivity index (χ4n) is 2.08. The fraction of sp³-hybridized carbons (Fsp3) is 0.0625. The third-order valence-electron chi connectivity index (χ3n) is 3.36. The molecule has 26 heavy (non-hydrogen) atoms. The Hall–Kier alpha value is -2.69. The number of sulfonamides is 2. The number of aromatic nitrogens is 1. The molecule has 8 nitrogen and oxygen atoms in total. The highest BCUT2D eigenvalue weighted by atomic mass is 32.2. The van der Waals surface area contributed by atoms with E-state index < -0.39 is 20.0 Å². The maximum Gasteiger partial charge on any atom is 0.263 e. The Kier molecular flexibility index (Phi) is 5.07. The summed E-state index contributed by atoms with van der Waals surface area (Å²) in [6.07, 6.45) is 2.90. The molecule has 0 aliphatic carbocycles. The second-order valence-electron chi connectivity index (χ2n) is 5.20. The molecule has 0 aliphatic rings. The molecule has 1 aromatic carbocycles. The van der Waals surface area contributed by atoms with Crippen molar-refractivity contribution in [1.82, 2.24) is 9.71 Å². The molecule has 2 heterocycles. The summed E-state index contributed by atoms with van der Waals surface area (Å²) >= 11 is 0. The van der Waals surface area contributed by atoms with E-state index in [0.717, 1.165) is 0 Å². The number of nitrogens with zero attached hydrogens (tertiary/aromatic N) is 1. The van der Waals surface area contributed by atoms with E-state index in [0.29, 0.717) is 5.76 Å². The van der Waals surface area contributed by atoms with Gasteiger partial charge in [0.15, 0.2) is 0 Å². The fourth-order valence-corrected chi connectivity index (χ4v) is 4.08. The third-order valence-corrected chi connectivity index (χ3v) is 6.15. The van der Waals surface area contributed by atoms with Crippen molar-refractivity contribution in [2.45, 2.75) is 16.3 Å². The summed E-state index contributed by atoms with van der Waals surface area (Å²) in [5.74, 6) is 0.636. The lowest BCUT2D eigenvalue weighted by atomic mass is 10.4. The highest BCUT2D eigenvalue weighted by molar-refractivity contribution is 7.92. The molecule has 0 atom stereocenters. The number of hydrogen-bond donors (Lipinski definition) is 2. The van der Waals surface area contributed by atoms with Crippen LogP contribution >= 0.6 is 0 Å². The monoisotopic (exact) mass is 393 g/mol. The van der Waals surface area contributed by atoms with Crippen LogP contribution in [0.3, 0.4) is 0 Å². The molecule has 0 spiro atoms. The van der Waals surface area contributed by atoms with Gasteiger partial charge in [0, 0.05) is 6.20 Å². The predicted octanol–water partition coefficient (Wildman–Crippen LogP) is 1.95. The largest absolute Gasteiger partial charge is 0.468 e. The number of anilines is 1. The Labute approximate surface area is 151 Å². The van der Waals surface area contributed by atoms with Crippen LogP contribution in [-0.4, -0.2) is 21.8 Å². The van der Waals surface area contributed by atoms with Crippen molar-refractivity contribution in [2.24, 2.45) is 0 Å². The molecule has 10 heteroatoms. The maximum absolute atomic E-state index is 12.3. The number of furan rings is 1. The molecule has 136 valence electrons. The zero-order chi connectivity index (χ0) is 18.6. The van der Waals surface area contributed by atoms with Gasteiger partial charge in [0.05, 0.1) is 22.6 Å². The first-order valence-electron chi connectivity index (χ1n) is 7.43. The summed E-state index contributed by atoms with van der Waals surface area (Å²) in [6.45, 7) is -0.00336. The van der Waals surface area contributed by atoms with Crippen LogP contribution in [0.25, 0.3) is 0 Å². The van der Waals surface area contributed by atoms with Gasteiger partial charge in [-0.05, 0) is 48.5 Å². The quantitative estimate of drug-likeness (QED) is 0.633. The third kappa shape index (κ3) is 4.28. The minimum atomic E-state index is -3.87. The topological polar surface area (TPSA) is 118 Å². The second kappa shape index (κ2) is 7.28. The Morgan fingerprint density at radius 3 is 2.12 bits per heavy atom. The summed E-state index contributed by atoms with van der Waals surface area (Å²) in [4.78, 5) is 3.76. The lowest BCUT2D eigenvalue weighted by molar-refractivity contribution is 0.498. The molecule has 2 N–H and O–H groups in total. The molecule has 3 aromatic rings. The van der Waals surface area contributed by atoms with Gasteiger partial charge in [-0.3, -0.25) is 4.72 Å². The first-order chi connectivity index (χ1) is 12.4. The molecule has 0 fully saturated rings. The first-order valence-corrected chi connectivity index (χ1v) is 10.4. The summed E-state index contributed by atoms with van der Waals surface area (Å²) in [7, 11) is -7.66. The Morgan fingerprint density at radius 2 is 1.54 bits per heavy atom. The van der Waals surface area contributed by atoms with Gasteiger partial charge in [-0.1, -0.05) is 6.07 Å². The lowest BCUT2D eigenvalue weighted by Gasteiger charge is -2.09. The van der Waals surface area contributed by atoms with E-state index in [-0.39, 0.29) is 22.2 Å². The van der Waals surface area contributed by atoms with Crippen molar-refractivity contribution < 1.29 is 21.3 Å². The van der Waals surface area contributed by atoms with E-state index in [4.69, 9.17) is 4.42 Å². The standard InChI is InChI=1S/C16H15N3O5S2/c20-25(21,18-12-13-4-3-11-24-13)14-6-8-15(9-7-14)26(22,23)19-16-5-1-2-10-17-16/h1-11,18H,12H2,(H,17,19). The number of rotatable bonds is 7. The smallest absolute Gasteiger partial charge is 0.263 e. The van der Waals surface area contributed by atoms with Crippen molar-refractivity contribution in [1.29, 1.82) is 0 Å². The van der Waals surface area contributed by atoms with Gasteiger partial charge in [-0.2, -0.15) is 0 Å². The van der Waals surface area contributed by atoms with Gasteiger partial charge in [-0.25, -0.2) is 26.5 Å². The van der Waals surface area contributed by atoms with Crippen LogP contribution in [0.15, 0.2) is 81.3 Å². The molecule has 0 saturated heterocycles. The van der Waals surface area contributed by atoms with Crippen LogP contribution in [0, 0.1) is 0 Å². The van der Waals surface area contributed by atoms with E-state index >= 15 is 0 Å². The SMILES string of the molecule is O=S(=O)(NCc1ccco1)c1ccc(S(=O)(=O)Nc2ccccn2)cc1. The van der Waals surface area contributed by atoms with Gasteiger partial charge >= 0.3 is 0 Å². The van der Waals surface area contributed by atoms with E-state index in [9.17, 15) is 16.8 Å². The molecule has 2 aromatic heterocycles. The summed E-state index contributed by atoms with van der Waals surface area (Å²) in [5.41, 5.74) is 0. The lowest BCUT2D eigenvalue weighted by Crippen LogP contribution is -2.23. The van der Waals surface area contributed by atoms with Crippen molar-refractivity contribution in [3.05, 3.63) is 72.8 Å². The van der Waals surface area contributed by atoms with Crippen molar-refractivity contribution in [3.8, 4) is 0 Å². The number of benzene rings is 1. The molecule has 0 amide bonds. The Morgan fingerprint density at radius 1 is 0.846 bits per heavy atom. The van der Waals surface area contributed by atoms with E-state index in [1.165, 1.54) is 42.8 Å². The van der Waals surface area contributed by atoms with Gasteiger partial charge in [0.25, 0.3) is 10.0 Å². The minimum Gasteiger partial charge on any atom is -0.468 e. The highest BCUT2D eigenvalue weighted by Crippen LogP contribution is 2.17. The summed E-state index contributed by atoms with van der Waals surface area (Å²) in [6, 6.07) is 13.0. The van der Waals surface area contributed by atoms with E-state index in [2.05, 4.69) is 14.4 Å². The second-order valence-corrected chi connectivity index (χ2v) is 8.65.